The number of aliphatic hydroxyl groups is 1. The fourth-order valence-electron chi connectivity index (χ4n) is 2.18. The maximum absolute atomic E-state index is 9.25. The van der Waals surface area contributed by atoms with E-state index >= 15 is 0 Å². The van der Waals surface area contributed by atoms with Gasteiger partial charge in [0, 0.05) is 16.6 Å². The molecule has 1 aromatic rings. The summed E-state index contributed by atoms with van der Waals surface area (Å²) in [7, 11) is 0. The molecule has 1 fully saturated rings. The summed E-state index contributed by atoms with van der Waals surface area (Å²) >= 11 is 3.38. The van der Waals surface area contributed by atoms with Crippen molar-refractivity contribution in [2.24, 2.45) is 0 Å². The molecule has 0 aliphatic carbocycles. The van der Waals surface area contributed by atoms with Crippen LogP contribution in [-0.4, -0.2) is 24.4 Å². The first-order chi connectivity index (χ1) is 8.79. The van der Waals surface area contributed by atoms with E-state index < -0.39 is 0 Å². The number of rotatable bonds is 6. The van der Waals surface area contributed by atoms with Crippen LogP contribution in [-0.2, 0) is 11.3 Å². The van der Waals surface area contributed by atoms with E-state index in [1.165, 1.54) is 12.8 Å². The Morgan fingerprint density at radius 1 is 1.44 bits per heavy atom. The predicted molar refractivity (Wildman–Crippen MR) is 73.8 cm³/mol. The van der Waals surface area contributed by atoms with Gasteiger partial charge < -0.3 is 14.6 Å². The predicted octanol–water partition coefficient (Wildman–Crippen LogP) is 3.28. The second-order valence-electron chi connectivity index (χ2n) is 4.54. The Bertz CT molecular complexity index is 375. The molecule has 1 saturated heterocycles. The normalized spacial score (nSPS) is 19.1. The third-order valence-corrected chi connectivity index (χ3v) is 3.64. The summed E-state index contributed by atoms with van der Waals surface area (Å²) in [4.78, 5) is 0. The number of hydrogen-bond donors (Lipinski definition) is 1. The minimum absolute atomic E-state index is 0.000505. The molecule has 1 atom stereocenters. The highest BCUT2D eigenvalue weighted by molar-refractivity contribution is 9.10. The van der Waals surface area contributed by atoms with E-state index in [9.17, 15) is 5.11 Å². The molecule has 18 heavy (non-hydrogen) atoms. The van der Waals surface area contributed by atoms with Crippen LogP contribution in [0.1, 0.15) is 31.2 Å². The van der Waals surface area contributed by atoms with Crippen LogP contribution < -0.4 is 4.74 Å². The van der Waals surface area contributed by atoms with Crippen LogP contribution in [0.3, 0.4) is 0 Å². The largest absolute Gasteiger partial charge is 0.493 e. The molecule has 0 amide bonds. The highest BCUT2D eigenvalue weighted by atomic mass is 79.9. The van der Waals surface area contributed by atoms with E-state index in [0.29, 0.717) is 12.7 Å². The van der Waals surface area contributed by atoms with Gasteiger partial charge in [-0.2, -0.15) is 0 Å². The van der Waals surface area contributed by atoms with Gasteiger partial charge in [-0.3, -0.25) is 0 Å². The summed E-state index contributed by atoms with van der Waals surface area (Å²) in [5.74, 6) is 0.771. The Hall–Kier alpha value is -0.580. The molecular weight excluding hydrogens is 296 g/mol. The molecule has 4 heteroatoms. The number of hydrogen-bond acceptors (Lipinski definition) is 3. The lowest BCUT2D eigenvalue weighted by atomic mass is 10.1. The van der Waals surface area contributed by atoms with Gasteiger partial charge in [-0.15, -0.1) is 0 Å². The molecule has 1 unspecified atom stereocenters. The summed E-state index contributed by atoms with van der Waals surface area (Å²) < 4.78 is 12.2. The van der Waals surface area contributed by atoms with Crippen molar-refractivity contribution in [1.82, 2.24) is 0 Å². The molecule has 1 aliphatic rings. The molecule has 1 aliphatic heterocycles. The quantitative estimate of drug-likeness (QED) is 0.819. The number of ether oxygens (including phenoxy) is 2. The van der Waals surface area contributed by atoms with Crippen LogP contribution in [0, 0.1) is 0 Å². The third-order valence-electron chi connectivity index (χ3n) is 3.14. The van der Waals surface area contributed by atoms with Gasteiger partial charge in [0.1, 0.15) is 5.75 Å². The highest BCUT2D eigenvalue weighted by Gasteiger charge is 2.14. The van der Waals surface area contributed by atoms with Crippen LogP contribution in [0.2, 0.25) is 0 Å². The minimum Gasteiger partial charge on any atom is -0.493 e. The monoisotopic (exact) mass is 314 g/mol. The standard InChI is InChI=1S/C14H19BrO3/c15-12-5-6-14(11(9-12)10-16)18-8-2-4-13-3-1-7-17-13/h5-6,9,13,16H,1-4,7-8,10H2. The molecule has 1 aromatic carbocycles. The Balaban J connectivity index is 1.75. The molecule has 3 nitrogen and oxygen atoms in total. The smallest absolute Gasteiger partial charge is 0.124 e. The van der Waals surface area contributed by atoms with Crippen molar-refractivity contribution in [2.75, 3.05) is 13.2 Å². The van der Waals surface area contributed by atoms with Gasteiger partial charge in [0.15, 0.2) is 0 Å². The Kier molecular flexibility index (Phi) is 5.47. The highest BCUT2D eigenvalue weighted by Crippen LogP contribution is 2.24. The van der Waals surface area contributed by atoms with Crippen LogP contribution in [0.4, 0.5) is 0 Å². The molecule has 0 bridgehead atoms. The Morgan fingerprint density at radius 3 is 3.06 bits per heavy atom. The second-order valence-corrected chi connectivity index (χ2v) is 5.45. The van der Waals surface area contributed by atoms with Crippen molar-refractivity contribution in [3.8, 4) is 5.75 Å². The van der Waals surface area contributed by atoms with Gasteiger partial charge in [-0.05, 0) is 43.9 Å². The van der Waals surface area contributed by atoms with Gasteiger partial charge in [-0.1, -0.05) is 15.9 Å². The summed E-state index contributed by atoms with van der Waals surface area (Å²) in [5, 5.41) is 9.25. The zero-order chi connectivity index (χ0) is 12.8. The summed E-state index contributed by atoms with van der Waals surface area (Å²) in [5.41, 5.74) is 0.821. The van der Waals surface area contributed by atoms with Gasteiger partial charge in [0.25, 0.3) is 0 Å². The molecule has 0 radical (unpaired) electrons. The molecule has 2 rings (SSSR count). The van der Waals surface area contributed by atoms with Gasteiger partial charge in [-0.25, -0.2) is 0 Å². The van der Waals surface area contributed by atoms with E-state index in [0.717, 1.165) is 35.2 Å². The second kappa shape index (κ2) is 7.12. The summed E-state index contributed by atoms with van der Waals surface area (Å²) in [6.45, 7) is 1.59. The molecule has 0 saturated carbocycles. The molecule has 0 aromatic heterocycles. The third kappa shape index (κ3) is 3.97. The first kappa shape index (κ1) is 13.8. The summed E-state index contributed by atoms with van der Waals surface area (Å²) in [6, 6.07) is 5.70. The van der Waals surface area contributed by atoms with Crippen LogP contribution in [0.25, 0.3) is 0 Å². The van der Waals surface area contributed by atoms with Crippen molar-refractivity contribution in [2.45, 2.75) is 38.4 Å². The fourth-order valence-corrected chi connectivity index (χ4v) is 2.59. The Morgan fingerprint density at radius 2 is 2.33 bits per heavy atom. The SMILES string of the molecule is OCc1cc(Br)ccc1OCCCC1CCCO1. The van der Waals surface area contributed by atoms with E-state index in [4.69, 9.17) is 9.47 Å². The van der Waals surface area contributed by atoms with E-state index in [1.807, 2.05) is 18.2 Å². The molecule has 0 spiro atoms. The zero-order valence-electron chi connectivity index (χ0n) is 10.4. The van der Waals surface area contributed by atoms with Crippen molar-refractivity contribution < 1.29 is 14.6 Å². The summed E-state index contributed by atoms with van der Waals surface area (Å²) in [6.07, 6.45) is 4.85. The molecule has 1 heterocycles. The Labute approximate surface area is 116 Å². The minimum atomic E-state index is 0.000505. The van der Waals surface area contributed by atoms with Gasteiger partial charge >= 0.3 is 0 Å². The van der Waals surface area contributed by atoms with E-state index in [2.05, 4.69) is 15.9 Å². The lowest BCUT2D eigenvalue weighted by Crippen LogP contribution is -2.08. The van der Waals surface area contributed by atoms with Crippen LogP contribution in [0.15, 0.2) is 22.7 Å². The van der Waals surface area contributed by atoms with Gasteiger partial charge in [0.2, 0.25) is 0 Å². The van der Waals surface area contributed by atoms with Crippen molar-refractivity contribution >= 4 is 15.9 Å². The first-order valence-corrected chi connectivity index (χ1v) is 7.22. The lowest BCUT2D eigenvalue weighted by molar-refractivity contribution is 0.0980. The van der Waals surface area contributed by atoms with Crippen molar-refractivity contribution in [3.63, 3.8) is 0 Å². The van der Waals surface area contributed by atoms with Crippen LogP contribution in [0.5, 0.6) is 5.75 Å². The zero-order valence-corrected chi connectivity index (χ0v) is 12.0. The molecular formula is C14H19BrO3. The topological polar surface area (TPSA) is 38.7 Å². The lowest BCUT2D eigenvalue weighted by Gasteiger charge is -2.12. The maximum Gasteiger partial charge on any atom is 0.124 e. The average molecular weight is 315 g/mol. The number of aliphatic hydroxyl groups excluding tert-OH is 1. The van der Waals surface area contributed by atoms with E-state index in [-0.39, 0.29) is 6.61 Å². The molecule has 1 N–H and O–H groups in total. The van der Waals surface area contributed by atoms with E-state index in [1.54, 1.807) is 0 Å². The van der Waals surface area contributed by atoms with Crippen molar-refractivity contribution in [1.29, 1.82) is 0 Å². The first-order valence-electron chi connectivity index (χ1n) is 6.43. The number of benzene rings is 1. The van der Waals surface area contributed by atoms with Crippen molar-refractivity contribution in [3.05, 3.63) is 28.2 Å². The van der Waals surface area contributed by atoms with Gasteiger partial charge in [0.05, 0.1) is 19.3 Å². The number of halogens is 1. The van der Waals surface area contributed by atoms with Crippen LogP contribution >= 0.6 is 15.9 Å². The fraction of sp³-hybridized carbons (Fsp3) is 0.571. The molecule has 100 valence electrons. The maximum atomic E-state index is 9.25. The average Bonchev–Trinajstić information content (AvgIpc) is 2.89.